The number of hydrogen-bond donors (Lipinski definition) is 1. The maximum absolute atomic E-state index is 12.8. The third-order valence-electron chi connectivity index (χ3n) is 4.73. The quantitative estimate of drug-likeness (QED) is 0.553. The number of hydrogen-bond acceptors (Lipinski definition) is 6. The van der Waals surface area contributed by atoms with Gasteiger partial charge in [0, 0.05) is 35.8 Å². The highest BCUT2D eigenvalue weighted by atomic mass is 16.6. The summed E-state index contributed by atoms with van der Waals surface area (Å²) in [4.78, 5) is 23.3. The lowest BCUT2D eigenvalue weighted by atomic mass is 10.1. The van der Waals surface area contributed by atoms with Gasteiger partial charge in [0.05, 0.1) is 10.4 Å². The second-order valence-corrected chi connectivity index (χ2v) is 6.54. The Labute approximate surface area is 159 Å². The van der Waals surface area contributed by atoms with Crippen molar-refractivity contribution in [3.05, 3.63) is 74.6 Å². The number of nitriles is 1. The molecule has 0 spiro atoms. The molecule has 2 heterocycles. The fraction of sp³-hybridized carbons (Fsp3) is 0.200. The molecule has 0 bridgehead atoms. The molecule has 1 N–H and O–H groups in total. The predicted molar refractivity (Wildman–Crippen MR) is 103 cm³/mol. The van der Waals surface area contributed by atoms with Gasteiger partial charge in [0.15, 0.2) is 0 Å². The van der Waals surface area contributed by atoms with Crippen LogP contribution >= 0.6 is 0 Å². The van der Waals surface area contributed by atoms with Gasteiger partial charge in [-0.05, 0) is 43.3 Å². The number of rotatable bonds is 4. The van der Waals surface area contributed by atoms with Crippen molar-refractivity contribution >= 4 is 16.6 Å². The van der Waals surface area contributed by atoms with Gasteiger partial charge in [-0.25, -0.2) is 0 Å². The van der Waals surface area contributed by atoms with Crippen molar-refractivity contribution in [2.45, 2.75) is 12.5 Å². The Morgan fingerprint density at radius 3 is 2.64 bits per heavy atom. The number of nitrogens with one attached hydrogen (secondary N) is 1. The van der Waals surface area contributed by atoms with E-state index in [9.17, 15) is 20.2 Å². The van der Waals surface area contributed by atoms with E-state index in [-0.39, 0.29) is 17.4 Å². The monoisotopic (exact) mass is 376 g/mol. The SMILES string of the molecule is N#Cc1cc2ccc(O[C@@H]3CCNC3)cc2n(-c2ccc([N+](=O)[O-])cc2)c1=O. The van der Waals surface area contributed by atoms with E-state index in [4.69, 9.17) is 4.74 Å². The van der Waals surface area contributed by atoms with Gasteiger partial charge in [-0.3, -0.25) is 19.5 Å². The number of fused-ring (bicyclic) bond motifs is 1. The van der Waals surface area contributed by atoms with Gasteiger partial charge in [0.1, 0.15) is 23.5 Å². The van der Waals surface area contributed by atoms with Crippen LogP contribution in [0.3, 0.4) is 0 Å². The Morgan fingerprint density at radius 2 is 2.00 bits per heavy atom. The van der Waals surface area contributed by atoms with Crippen LogP contribution in [0.15, 0.2) is 53.3 Å². The summed E-state index contributed by atoms with van der Waals surface area (Å²) in [5, 5.41) is 24.2. The van der Waals surface area contributed by atoms with Gasteiger partial charge in [-0.1, -0.05) is 0 Å². The normalized spacial score (nSPS) is 16.0. The van der Waals surface area contributed by atoms with E-state index in [2.05, 4.69) is 5.32 Å². The Hall–Kier alpha value is -3.70. The first kappa shape index (κ1) is 17.7. The highest BCUT2D eigenvalue weighted by molar-refractivity contribution is 5.83. The fourth-order valence-electron chi connectivity index (χ4n) is 3.34. The molecule has 140 valence electrons. The van der Waals surface area contributed by atoms with Crippen molar-refractivity contribution in [1.29, 1.82) is 5.26 Å². The number of non-ortho nitro benzene ring substituents is 1. The van der Waals surface area contributed by atoms with Crippen LogP contribution in [-0.2, 0) is 0 Å². The molecule has 0 unspecified atom stereocenters. The lowest BCUT2D eigenvalue weighted by molar-refractivity contribution is -0.384. The Morgan fingerprint density at radius 1 is 1.21 bits per heavy atom. The molecule has 1 fully saturated rings. The lowest BCUT2D eigenvalue weighted by Gasteiger charge is -2.15. The van der Waals surface area contributed by atoms with E-state index in [0.29, 0.717) is 22.3 Å². The third kappa shape index (κ3) is 3.19. The number of benzene rings is 2. The zero-order valence-electron chi connectivity index (χ0n) is 14.8. The molecular formula is C20H16N4O4. The molecule has 1 aliphatic heterocycles. The number of aromatic nitrogens is 1. The van der Waals surface area contributed by atoms with E-state index in [1.54, 1.807) is 18.2 Å². The van der Waals surface area contributed by atoms with E-state index < -0.39 is 10.5 Å². The number of ether oxygens (including phenoxy) is 1. The van der Waals surface area contributed by atoms with Crippen LogP contribution in [0.2, 0.25) is 0 Å². The number of pyridine rings is 1. The summed E-state index contributed by atoms with van der Waals surface area (Å²) in [6.45, 7) is 1.66. The van der Waals surface area contributed by atoms with Crippen LogP contribution in [0.5, 0.6) is 5.75 Å². The van der Waals surface area contributed by atoms with Crippen molar-refractivity contribution in [3.8, 4) is 17.5 Å². The molecule has 2 aromatic carbocycles. The highest BCUT2D eigenvalue weighted by Gasteiger charge is 2.17. The second-order valence-electron chi connectivity index (χ2n) is 6.54. The molecule has 0 aliphatic carbocycles. The van der Waals surface area contributed by atoms with E-state index >= 15 is 0 Å². The summed E-state index contributed by atoms with van der Waals surface area (Å²) in [5.74, 6) is 0.626. The predicted octanol–water partition coefficient (Wildman–Crippen LogP) is 2.51. The molecule has 3 aromatic rings. The fourth-order valence-corrected chi connectivity index (χ4v) is 3.34. The average Bonchev–Trinajstić information content (AvgIpc) is 3.21. The van der Waals surface area contributed by atoms with Gasteiger partial charge >= 0.3 is 0 Å². The Kier molecular flexibility index (Phi) is 4.51. The minimum Gasteiger partial charge on any atom is -0.489 e. The molecule has 1 saturated heterocycles. The second kappa shape index (κ2) is 7.13. The van der Waals surface area contributed by atoms with Gasteiger partial charge in [-0.15, -0.1) is 0 Å². The summed E-state index contributed by atoms with van der Waals surface area (Å²) in [6, 6.07) is 14.5. The van der Waals surface area contributed by atoms with Gasteiger partial charge in [0.25, 0.3) is 11.2 Å². The summed E-state index contributed by atoms with van der Waals surface area (Å²) >= 11 is 0. The smallest absolute Gasteiger partial charge is 0.273 e. The van der Waals surface area contributed by atoms with Crippen LogP contribution in [0.25, 0.3) is 16.6 Å². The van der Waals surface area contributed by atoms with Crippen molar-refractivity contribution < 1.29 is 9.66 Å². The molecule has 1 aliphatic rings. The molecule has 8 nitrogen and oxygen atoms in total. The van der Waals surface area contributed by atoms with Crippen LogP contribution in [-0.4, -0.2) is 28.7 Å². The van der Waals surface area contributed by atoms with Gasteiger partial charge in [-0.2, -0.15) is 5.26 Å². The number of nitrogens with zero attached hydrogens (tertiary/aromatic N) is 3. The lowest BCUT2D eigenvalue weighted by Crippen LogP contribution is -2.22. The van der Waals surface area contributed by atoms with E-state index in [1.807, 2.05) is 12.1 Å². The Bertz CT molecular complexity index is 1160. The van der Waals surface area contributed by atoms with Crippen LogP contribution in [0.4, 0.5) is 5.69 Å². The molecule has 1 aromatic heterocycles. The third-order valence-corrected chi connectivity index (χ3v) is 4.73. The van der Waals surface area contributed by atoms with Crippen LogP contribution in [0, 0.1) is 21.4 Å². The van der Waals surface area contributed by atoms with Crippen molar-refractivity contribution in [2.75, 3.05) is 13.1 Å². The first-order valence-corrected chi connectivity index (χ1v) is 8.79. The average molecular weight is 376 g/mol. The largest absolute Gasteiger partial charge is 0.489 e. The van der Waals surface area contributed by atoms with Gasteiger partial charge in [0.2, 0.25) is 0 Å². The zero-order chi connectivity index (χ0) is 19.7. The summed E-state index contributed by atoms with van der Waals surface area (Å²) < 4.78 is 7.38. The minimum absolute atomic E-state index is 0.000450. The van der Waals surface area contributed by atoms with Crippen molar-refractivity contribution in [3.63, 3.8) is 0 Å². The van der Waals surface area contributed by atoms with Crippen LogP contribution < -0.4 is 15.6 Å². The number of nitro groups is 1. The standard InChI is InChI=1S/C20H16N4O4/c21-11-14-9-13-1-6-17(28-18-7-8-22-12-18)10-19(13)23(20(14)25)15-2-4-16(5-3-15)24(26)27/h1-6,9-10,18,22H,7-8,12H2/t18-/m1/s1. The zero-order valence-corrected chi connectivity index (χ0v) is 14.8. The first-order valence-electron chi connectivity index (χ1n) is 8.79. The summed E-state index contributed by atoms with van der Waals surface area (Å²) in [5.41, 5.74) is 0.456. The molecule has 4 rings (SSSR count). The first-order chi connectivity index (χ1) is 13.6. The molecule has 0 saturated carbocycles. The van der Waals surface area contributed by atoms with Gasteiger partial charge < -0.3 is 10.1 Å². The molecule has 0 amide bonds. The van der Waals surface area contributed by atoms with E-state index in [1.165, 1.54) is 28.8 Å². The minimum atomic E-state index is -0.502. The maximum atomic E-state index is 12.8. The van der Waals surface area contributed by atoms with E-state index in [0.717, 1.165) is 19.5 Å². The maximum Gasteiger partial charge on any atom is 0.273 e. The Balaban J connectivity index is 1.88. The topological polar surface area (TPSA) is 110 Å². The molecular weight excluding hydrogens is 360 g/mol. The molecule has 8 heteroatoms. The molecule has 0 radical (unpaired) electrons. The van der Waals surface area contributed by atoms with Crippen LogP contribution in [0.1, 0.15) is 12.0 Å². The number of nitro benzene ring substituents is 1. The van der Waals surface area contributed by atoms with Crippen molar-refractivity contribution in [2.24, 2.45) is 0 Å². The summed E-state index contributed by atoms with van der Waals surface area (Å²) in [7, 11) is 0. The molecule has 28 heavy (non-hydrogen) atoms. The van der Waals surface area contributed by atoms with Crippen molar-refractivity contribution in [1.82, 2.24) is 9.88 Å². The molecule has 1 atom stereocenters. The summed E-state index contributed by atoms with van der Waals surface area (Å²) in [6.07, 6.45) is 0.969. The highest BCUT2D eigenvalue weighted by Crippen LogP contribution is 2.25.